The van der Waals surface area contributed by atoms with Crippen molar-refractivity contribution in [3.8, 4) is 0 Å². The maximum absolute atomic E-state index is 14.3. The van der Waals surface area contributed by atoms with Crippen LogP contribution in [0.4, 0.5) is 10.1 Å². The van der Waals surface area contributed by atoms with Crippen LogP contribution in [0.1, 0.15) is 23.6 Å². The molecule has 0 fully saturated rings. The first-order chi connectivity index (χ1) is 21.0. The van der Waals surface area contributed by atoms with E-state index in [1.54, 1.807) is 19.1 Å². The summed E-state index contributed by atoms with van der Waals surface area (Å²) in [5.74, 6) is -1.52. The highest BCUT2D eigenvalue weighted by molar-refractivity contribution is 7.92. The molecule has 1 N–H and O–H groups in total. The quantitative estimate of drug-likeness (QED) is 0.191. The van der Waals surface area contributed by atoms with Gasteiger partial charge < -0.3 is 10.2 Å². The third-order valence-electron chi connectivity index (χ3n) is 6.91. The summed E-state index contributed by atoms with van der Waals surface area (Å²) in [7, 11) is -4.31. The van der Waals surface area contributed by atoms with Crippen LogP contribution in [0, 0.1) is 12.7 Å². The third kappa shape index (κ3) is 8.37. The number of aryl methyl sites for hydroxylation is 1. The number of anilines is 1. The predicted octanol–water partition coefficient (Wildman–Crippen LogP) is 6.41. The van der Waals surface area contributed by atoms with Crippen LogP contribution in [0.2, 0.25) is 10.0 Å². The Bertz CT molecular complexity index is 1680. The molecule has 0 aliphatic rings. The molecule has 0 unspecified atom stereocenters. The Kier molecular flexibility index (Phi) is 11.0. The van der Waals surface area contributed by atoms with Crippen molar-refractivity contribution in [2.75, 3.05) is 17.4 Å². The molecule has 44 heavy (non-hydrogen) atoms. The Hall–Kier alpha value is -3.92. The molecular formula is C33H32Cl2FN3O4S. The molecular weight excluding hydrogens is 624 g/mol. The molecule has 0 radical (unpaired) electrons. The summed E-state index contributed by atoms with van der Waals surface area (Å²) in [6.45, 7) is 3.16. The van der Waals surface area contributed by atoms with Crippen LogP contribution in [-0.4, -0.2) is 44.3 Å². The fourth-order valence-electron chi connectivity index (χ4n) is 4.68. The van der Waals surface area contributed by atoms with Crippen molar-refractivity contribution in [3.63, 3.8) is 0 Å². The molecule has 4 aromatic carbocycles. The van der Waals surface area contributed by atoms with Crippen LogP contribution in [0.25, 0.3) is 0 Å². The van der Waals surface area contributed by atoms with Gasteiger partial charge in [-0.15, -0.1) is 0 Å². The number of benzene rings is 4. The van der Waals surface area contributed by atoms with Crippen LogP contribution in [0.5, 0.6) is 0 Å². The van der Waals surface area contributed by atoms with Crippen LogP contribution >= 0.6 is 23.2 Å². The van der Waals surface area contributed by atoms with Gasteiger partial charge in [-0.25, -0.2) is 12.8 Å². The third-order valence-corrected chi connectivity index (χ3v) is 9.14. The highest BCUT2D eigenvalue weighted by Crippen LogP contribution is 2.30. The fourth-order valence-corrected chi connectivity index (χ4v) is 6.59. The van der Waals surface area contributed by atoms with Gasteiger partial charge in [0.25, 0.3) is 10.0 Å². The van der Waals surface area contributed by atoms with Gasteiger partial charge >= 0.3 is 0 Å². The summed E-state index contributed by atoms with van der Waals surface area (Å²) in [6.07, 6.45) is 0.160. The van der Waals surface area contributed by atoms with Gasteiger partial charge in [-0.3, -0.25) is 13.9 Å². The molecule has 0 aliphatic carbocycles. The molecule has 0 heterocycles. The summed E-state index contributed by atoms with van der Waals surface area (Å²) < 4.78 is 42.8. The SMILES string of the molecule is CCNC(=O)[C@H](Cc1ccccc1)N(Cc1ccc(F)cc1)C(=O)CN(c1cc(Cl)cc(Cl)c1)S(=O)(=O)c1ccc(C)cc1. The number of nitrogens with zero attached hydrogens (tertiary/aromatic N) is 2. The largest absolute Gasteiger partial charge is 0.355 e. The summed E-state index contributed by atoms with van der Waals surface area (Å²) in [5, 5.41) is 3.15. The van der Waals surface area contributed by atoms with Crippen molar-refractivity contribution in [2.45, 2.75) is 37.8 Å². The van der Waals surface area contributed by atoms with Crippen LogP contribution in [0.15, 0.2) is 102 Å². The van der Waals surface area contributed by atoms with Gasteiger partial charge in [-0.2, -0.15) is 0 Å². The van der Waals surface area contributed by atoms with Crippen molar-refractivity contribution in [2.24, 2.45) is 0 Å². The second-order valence-electron chi connectivity index (χ2n) is 10.2. The van der Waals surface area contributed by atoms with Gasteiger partial charge in [0, 0.05) is 29.6 Å². The Morgan fingerprint density at radius 2 is 1.48 bits per heavy atom. The topological polar surface area (TPSA) is 86.8 Å². The van der Waals surface area contributed by atoms with Gasteiger partial charge in [0.1, 0.15) is 18.4 Å². The van der Waals surface area contributed by atoms with E-state index >= 15 is 0 Å². The smallest absolute Gasteiger partial charge is 0.264 e. The van der Waals surface area contributed by atoms with Crippen molar-refractivity contribution in [3.05, 3.63) is 130 Å². The normalized spacial score (nSPS) is 11.9. The Morgan fingerprint density at radius 3 is 2.07 bits per heavy atom. The second-order valence-corrected chi connectivity index (χ2v) is 12.9. The number of carbonyl (C=O) groups is 2. The number of likely N-dealkylation sites (N-methyl/N-ethyl adjacent to an activating group) is 1. The molecule has 4 rings (SSSR count). The minimum Gasteiger partial charge on any atom is -0.355 e. The average molecular weight is 657 g/mol. The lowest BCUT2D eigenvalue weighted by Crippen LogP contribution is -2.53. The van der Waals surface area contributed by atoms with Crippen molar-refractivity contribution in [1.82, 2.24) is 10.2 Å². The van der Waals surface area contributed by atoms with Crippen molar-refractivity contribution in [1.29, 1.82) is 0 Å². The molecule has 230 valence electrons. The van der Waals surface area contributed by atoms with Gasteiger partial charge in [0.05, 0.1) is 10.6 Å². The van der Waals surface area contributed by atoms with Gasteiger partial charge in [0.2, 0.25) is 11.8 Å². The molecule has 0 aromatic heterocycles. The number of hydrogen-bond donors (Lipinski definition) is 1. The van der Waals surface area contributed by atoms with Crippen molar-refractivity contribution >= 4 is 50.7 Å². The lowest BCUT2D eigenvalue weighted by molar-refractivity contribution is -0.140. The zero-order valence-electron chi connectivity index (χ0n) is 24.2. The van der Waals surface area contributed by atoms with Crippen LogP contribution in [0.3, 0.4) is 0 Å². The molecule has 4 aromatic rings. The first kappa shape index (κ1) is 33.0. The summed E-state index contributed by atoms with van der Waals surface area (Å²) in [4.78, 5) is 29.1. The molecule has 7 nitrogen and oxygen atoms in total. The number of sulfonamides is 1. The number of carbonyl (C=O) groups excluding carboxylic acids is 2. The minimum atomic E-state index is -4.31. The molecule has 0 saturated carbocycles. The van der Waals surface area contributed by atoms with E-state index in [-0.39, 0.29) is 33.6 Å². The second kappa shape index (κ2) is 14.7. The molecule has 11 heteroatoms. The van der Waals surface area contributed by atoms with E-state index in [0.29, 0.717) is 12.1 Å². The highest BCUT2D eigenvalue weighted by atomic mass is 35.5. The Balaban J connectivity index is 1.81. The number of nitrogens with one attached hydrogen (secondary N) is 1. The lowest BCUT2D eigenvalue weighted by Gasteiger charge is -2.34. The standard InChI is InChI=1S/C33H32Cl2FN3O4S/c1-3-37-33(41)31(17-24-7-5-4-6-8-24)38(21-25-11-13-28(36)14-12-25)32(40)22-39(29-19-26(34)18-27(35)20-29)44(42,43)30-15-9-23(2)10-16-30/h4-16,18-20,31H,3,17,21-22H2,1-2H3,(H,37,41)/t31-/m0/s1. The monoisotopic (exact) mass is 655 g/mol. The Morgan fingerprint density at radius 1 is 0.864 bits per heavy atom. The first-order valence-electron chi connectivity index (χ1n) is 13.9. The highest BCUT2D eigenvalue weighted by Gasteiger charge is 2.34. The van der Waals surface area contributed by atoms with Gasteiger partial charge in [0.15, 0.2) is 0 Å². The minimum absolute atomic E-state index is 0.0401. The van der Waals surface area contributed by atoms with Gasteiger partial charge in [-0.05, 0) is 67.4 Å². The summed E-state index contributed by atoms with van der Waals surface area (Å²) >= 11 is 12.5. The Labute approximate surface area is 267 Å². The fraction of sp³-hybridized carbons (Fsp3) is 0.212. The number of halogens is 3. The maximum atomic E-state index is 14.3. The predicted molar refractivity (Wildman–Crippen MR) is 172 cm³/mol. The van der Waals surface area contributed by atoms with E-state index in [0.717, 1.165) is 15.4 Å². The van der Waals surface area contributed by atoms with E-state index in [4.69, 9.17) is 23.2 Å². The number of amides is 2. The van der Waals surface area contributed by atoms with E-state index in [2.05, 4.69) is 5.32 Å². The maximum Gasteiger partial charge on any atom is 0.264 e. The molecule has 0 saturated heterocycles. The van der Waals surface area contributed by atoms with E-state index in [1.807, 2.05) is 37.3 Å². The zero-order chi connectivity index (χ0) is 31.9. The summed E-state index contributed by atoms with van der Waals surface area (Å²) in [6, 6.07) is 24.2. The summed E-state index contributed by atoms with van der Waals surface area (Å²) in [5.41, 5.74) is 2.29. The molecule has 0 bridgehead atoms. The van der Waals surface area contributed by atoms with Gasteiger partial charge in [-0.1, -0.05) is 83.4 Å². The van der Waals surface area contributed by atoms with Crippen LogP contribution < -0.4 is 9.62 Å². The molecule has 0 aliphatic heterocycles. The van der Waals surface area contributed by atoms with E-state index in [9.17, 15) is 22.4 Å². The molecule has 2 amide bonds. The molecule has 1 atom stereocenters. The first-order valence-corrected chi connectivity index (χ1v) is 16.1. The van der Waals surface area contributed by atoms with Crippen molar-refractivity contribution < 1.29 is 22.4 Å². The average Bonchev–Trinajstić information content (AvgIpc) is 2.98. The number of hydrogen-bond acceptors (Lipinski definition) is 4. The zero-order valence-corrected chi connectivity index (χ0v) is 26.5. The lowest BCUT2D eigenvalue weighted by atomic mass is 10.0. The molecule has 0 spiro atoms. The van der Waals surface area contributed by atoms with Crippen LogP contribution in [-0.2, 0) is 32.6 Å². The number of rotatable bonds is 12. The van der Waals surface area contributed by atoms with E-state index < -0.39 is 40.2 Å². The van der Waals surface area contributed by atoms with E-state index in [1.165, 1.54) is 59.5 Å².